The molecular weight excluding hydrogens is 212 g/mol. The number of rotatable bonds is 4. The van der Waals surface area contributed by atoms with Gasteiger partial charge in [-0.15, -0.1) is 0 Å². The number of benzene rings is 1. The molecule has 0 unspecified atom stereocenters. The monoisotopic (exact) mass is 226 g/mol. The number of nitrogens with one attached hydrogen (secondary N) is 2. The van der Waals surface area contributed by atoms with Crippen molar-refractivity contribution in [1.29, 1.82) is 0 Å². The summed E-state index contributed by atoms with van der Waals surface area (Å²) in [5.74, 6) is 0. The molecule has 1 saturated carbocycles. The van der Waals surface area contributed by atoms with Crippen molar-refractivity contribution in [3.8, 4) is 0 Å². The van der Waals surface area contributed by atoms with E-state index < -0.39 is 10.0 Å². The van der Waals surface area contributed by atoms with Crippen LogP contribution in [0.3, 0.4) is 0 Å². The Morgan fingerprint density at radius 2 is 1.93 bits per heavy atom. The van der Waals surface area contributed by atoms with E-state index in [1.165, 1.54) is 7.05 Å². The van der Waals surface area contributed by atoms with Crippen molar-refractivity contribution in [2.24, 2.45) is 0 Å². The lowest BCUT2D eigenvalue weighted by atomic mass is 10.3. The second-order valence-electron chi connectivity index (χ2n) is 3.62. The van der Waals surface area contributed by atoms with Gasteiger partial charge in [-0.3, -0.25) is 0 Å². The van der Waals surface area contributed by atoms with Crippen molar-refractivity contribution in [1.82, 2.24) is 4.72 Å². The average Bonchev–Trinajstić information content (AvgIpc) is 3.02. The highest BCUT2D eigenvalue weighted by molar-refractivity contribution is 7.89. The lowest BCUT2D eigenvalue weighted by Crippen LogP contribution is -2.20. The number of anilines is 1. The van der Waals surface area contributed by atoms with E-state index in [0.717, 1.165) is 12.8 Å². The zero-order valence-electron chi connectivity index (χ0n) is 8.53. The predicted octanol–water partition coefficient (Wildman–Crippen LogP) is 1.17. The molecule has 1 fully saturated rings. The fourth-order valence-corrected chi connectivity index (χ4v) is 2.27. The Labute approximate surface area is 89.7 Å². The number of sulfonamides is 1. The molecule has 0 heterocycles. The van der Waals surface area contributed by atoms with Crippen LogP contribution in [0.5, 0.6) is 0 Å². The summed E-state index contributed by atoms with van der Waals surface area (Å²) in [7, 11) is -1.94. The van der Waals surface area contributed by atoms with Crippen molar-refractivity contribution >= 4 is 15.7 Å². The number of para-hydroxylation sites is 1. The molecule has 5 heteroatoms. The molecule has 15 heavy (non-hydrogen) atoms. The van der Waals surface area contributed by atoms with Gasteiger partial charge in [0.1, 0.15) is 4.90 Å². The van der Waals surface area contributed by atoms with Crippen LogP contribution in [-0.4, -0.2) is 21.5 Å². The molecule has 2 rings (SSSR count). The molecule has 0 atom stereocenters. The zero-order valence-corrected chi connectivity index (χ0v) is 9.34. The zero-order chi connectivity index (χ0) is 10.9. The van der Waals surface area contributed by atoms with Crippen molar-refractivity contribution < 1.29 is 8.42 Å². The van der Waals surface area contributed by atoms with Crippen LogP contribution >= 0.6 is 0 Å². The van der Waals surface area contributed by atoms with Gasteiger partial charge in [-0.25, -0.2) is 13.1 Å². The molecule has 0 amide bonds. The van der Waals surface area contributed by atoms with Crippen LogP contribution in [0.4, 0.5) is 5.69 Å². The molecule has 82 valence electrons. The molecule has 0 radical (unpaired) electrons. The lowest BCUT2D eigenvalue weighted by Gasteiger charge is -2.10. The van der Waals surface area contributed by atoms with Crippen LogP contribution in [0.25, 0.3) is 0 Å². The Kier molecular flexibility index (Phi) is 2.67. The van der Waals surface area contributed by atoms with Crippen LogP contribution in [-0.2, 0) is 10.0 Å². The molecule has 0 aliphatic heterocycles. The minimum Gasteiger partial charge on any atom is -0.381 e. The van der Waals surface area contributed by atoms with E-state index in [0.29, 0.717) is 16.6 Å². The molecular formula is C10H14N2O2S. The first-order chi connectivity index (χ1) is 7.13. The lowest BCUT2D eigenvalue weighted by molar-refractivity contribution is 0.588. The van der Waals surface area contributed by atoms with Gasteiger partial charge in [-0.2, -0.15) is 0 Å². The molecule has 0 saturated heterocycles. The van der Waals surface area contributed by atoms with Gasteiger partial charge in [-0.05, 0) is 32.0 Å². The Balaban J connectivity index is 2.36. The Morgan fingerprint density at radius 3 is 2.53 bits per heavy atom. The van der Waals surface area contributed by atoms with Crippen molar-refractivity contribution in [2.45, 2.75) is 23.8 Å². The fraction of sp³-hybridized carbons (Fsp3) is 0.400. The van der Waals surface area contributed by atoms with E-state index >= 15 is 0 Å². The molecule has 2 N–H and O–H groups in total. The second-order valence-corrected chi connectivity index (χ2v) is 5.48. The highest BCUT2D eigenvalue weighted by atomic mass is 32.2. The van der Waals surface area contributed by atoms with Crippen LogP contribution in [0, 0.1) is 0 Å². The average molecular weight is 226 g/mol. The summed E-state index contributed by atoms with van der Waals surface area (Å²) in [6, 6.07) is 7.40. The minimum absolute atomic E-state index is 0.319. The first-order valence-electron chi connectivity index (χ1n) is 4.92. The summed E-state index contributed by atoms with van der Waals surface area (Å²) in [6.07, 6.45) is 2.24. The van der Waals surface area contributed by atoms with Gasteiger partial charge in [0.25, 0.3) is 0 Å². The standard InChI is InChI=1S/C10H14N2O2S/c1-11-15(13,14)10-5-3-2-4-9(10)12-8-6-7-8/h2-5,8,11-12H,6-7H2,1H3. The van der Waals surface area contributed by atoms with Gasteiger partial charge in [0.15, 0.2) is 0 Å². The van der Waals surface area contributed by atoms with Crippen LogP contribution < -0.4 is 10.0 Å². The van der Waals surface area contributed by atoms with Gasteiger partial charge in [0.2, 0.25) is 10.0 Å². The van der Waals surface area contributed by atoms with Crippen LogP contribution in [0.1, 0.15) is 12.8 Å². The minimum atomic E-state index is -3.36. The highest BCUT2D eigenvalue weighted by Crippen LogP contribution is 2.28. The van der Waals surface area contributed by atoms with Crippen molar-refractivity contribution in [2.75, 3.05) is 12.4 Å². The first kappa shape index (κ1) is 10.4. The fourth-order valence-electron chi connectivity index (χ4n) is 1.38. The summed E-state index contributed by atoms with van der Waals surface area (Å²) in [6.45, 7) is 0. The van der Waals surface area contributed by atoms with E-state index in [2.05, 4.69) is 10.0 Å². The van der Waals surface area contributed by atoms with E-state index in [-0.39, 0.29) is 0 Å². The van der Waals surface area contributed by atoms with Gasteiger partial charge in [-0.1, -0.05) is 12.1 Å². The second kappa shape index (κ2) is 3.83. The van der Waals surface area contributed by atoms with Crippen LogP contribution in [0.15, 0.2) is 29.2 Å². The molecule has 1 aliphatic carbocycles. The summed E-state index contributed by atoms with van der Waals surface area (Å²) >= 11 is 0. The maximum absolute atomic E-state index is 11.7. The van der Waals surface area contributed by atoms with Crippen LogP contribution in [0.2, 0.25) is 0 Å². The molecule has 1 aromatic rings. The Morgan fingerprint density at radius 1 is 1.27 bits per heavy atom. The summed E-state index contributed by atoms with van der Waals surface area (Å²) in [4.78, 5) is 0.319. The van der Waals surface area contributed by atoms with Crippen molar-refractivity contribution in [3.63, 3.8) is 0 Å². The molecule has 0 spiro atoms. The topological polar surface area (TPSA) is 58.2 Å². The third-order valence-corrected chi connectivity index (χ3v) is 3.85. The third kappa shape index (κ3) is 2.30. The highest BCUT2D eigenvalue weighted by Gasteiger charge is 2.24. The molecule has 1 aromatic carbocycles. The largest absolute Gasteiger partial charge is 0.381 e. The third-order valence-electron chi connectivity index (χ3n) is 2.38. The Bertz CT molecular complexity index is 452. The molecule has 0 bridgehead atoms. The van der Waals surface area contributed by atoms with Gasteiger partial charge in [0, 0.05) is 6.04 Å². The summed E-state index contributed by atoms with van der Waals surface area (Å²) < 4.78 is 25.7. The van der Waals surface area contributed by atoms with Gasteiger partial charge >= 0.3 is 0 Å². The quantitative estimate of drug-likeness (QED) is 0.810. The van der Waals surface area contributed by atoms with E-state index in [1.807, 2.05) is 6.07 Å². The smallest absolute Gasteiger partial charge is 0.242 e. The maximum Gasteiger partial charge on any atom is 0.242 e. The van der Waals surface area contributed by atoms with Gasteiger partial charge < -0.3 is 5.32 Å². The SMILES string of the molecule is CNS(=O)(=O)c1ccccc1NC1CC1. The van der Waals surface area contributed by atoms with E-state index in [1.54, 1.807) is 18.2 Å². The van der Waals surface area contributed by atoms with E-state index in [9.17, 15) is 8.42 Å². The molecule has 0 aromatic heterocycles. The molecule has 1 aliphatic rings. The molecule has 4 nitrogen and oxygen atoms in total. The van der Waals surface area contributed by atoms with Gasteiger partial charge in [0.05, 0.1) is 5.69 Å². The summed E-state index contributed by atoms with van der Waals surface area (Å²) in [5.41, 5.74) is 0.689. The normalized spacial score (nSPS) is 16.3. The van der Waals surface area contributed by atoms with E-state index in [4.69, 9.17) is 0 Å². The maximum atomic E-state index is 11.7. The van der Waals surface area contributed by atoms with Crippen molar-refractivity contribution in [3.05, 3.63) is 24.3 Å². The summed E-state index contributed by atoms with van der Waals surface area (Å²) in [5, 5.41) is 3.21. The number of hydrogen-bond acceptors (Lipinski definition) is 3. The number of hydrogen-bond donors (Lipinski definition) is 2. The first-order valence-corrected chi connectivity index (χ1v) is 6.41. The Hall–Kier alpha value is -1.07. The predicted molar refractivity (Wildman–Crippen MR) is 59.3 cm³/mol.